The zero-order valence-electron chi connectivity index (χ0n) is 20.1. The van der Waals surface area contributed by atoms with Gasteiger partial charge < -0.3 is 14.1 Å². The molecule has 2 heterocycles. The van der Waals surface area contributed by atoms with Gasteiger partial charge in [0, 0.05) is 19.0 Å². The lowest BCUT2D eigenvalue weighted by molar-refractivity contribution is -0.678. The molecule has 0 N–H and O–H groups in total. The first-order chi connectivity index (χ1) is 16.3. The van der Waals surface area contributed by atoms with E-state index in [4.69, 9.17) is 9.15 Å². The number of benzene rings is 2. The zero-order chi connectivity index (χ0) is 22.9. The minimum Gasteiger partial charge on any atom is -0.439 e. The van der Waals surface area contributed by atoms with Crippen molar-refractivity contribution in [3.05, 3.63) is 72.5 Å². The summed E-state index contributed by atoms with van der Waals surface area (Å²) in [6.07, 6.45) is 16.0. The summed E-state index contributed by atoms with van der Waals surface area (Å²) < 4.78 is 14.7. The summed E-state index contributed by atoms with van der Waals surface area (Å²) in [5, 5.41) is 0. The van der Waals surface area contributed by atoms with Crippen LogP contribution in [0.25, 0.3) is 17.2 Å². The number of rotatable bonds is 12. The Labute approximate surface area is 198 Å². The number of hydrogen-bond acceptors (Lipinski definition) is 3. The van der Waals surface area contributed by atoms with Crippen LogP contribution in [0.2, 0.25) is 0 Å². The third-order valence-corrected chi connectivity index (χ3v) is 6.22. The minimum absolute atomic E-state index is 0.884. The van der Waals surface area contributed by atoms with Gasteiger partial charge >= 0.3 is 5.89 Å². The van der Waals surface area contributed by atoms with Gasteiger partial charge in [-0.25, -0.2) is 0 Å². The number of ether oxygens (including phenoxy) is 1. The molecule has 0 bridgehead atoms. The average Bonchev–Trinajstić information content (AvgIpc) is 3.37. The van der Waals surface area contributed by atoms with Crippen molar-refractivity contribution < 1.29 is 13.7 Å². The molecule has 0 fully saturated rings. The number of nitrogens with zero attached hydrogens (tertiary/aromatic N) is 2. The second kappa shape index (κ2) is 11.7. The number of allylic oxidation sites excluding steroid dienone is 2. The molecule has 0 saturated heterocycles. The van der Waals surface area contributed by atoms with E-state index in [2.05, 4.69) is 65.8 Å². The van der Waals surface area contributed by atoms with Crippen molar-refractivity contribution in [3.8, 4) is 5.75 Å². The van der Waals surface area contributed by atoms with Crippen LogP contribution in [0.3, 0.4) is 0 Å². The Balaban J connectivity index is 1.53. The first-order valence-electron chi connectivity index (χ1n) is 12.7. The molecule has 0 radical (unpaired) electrons. The second-order valence-electron chi connectivity index (χ2n) is 8.77. The molecule has 2 aromatic carbocycles. The molecule has 0 spiro atoms. The number of aryl methyl sites for hydroxylation is 1. The fourth-order valence-corrected chi connectivity index (χ4v) is 4.42. The number of para-hydroxylation sites is 4. The fourth-order valence-electron chi connectivity index (χ4n) is 4.42. The molecule has 0 atom stereocenters. The van der Waals surface area contributed by atoms with Crippen LogP contribution in [0.1, 0.15) is 71.1 Å². The van der Waals surface area contributed by atoms with Gasteiger partial charge in [-0.1, -0.05) is 70.2 Å². The predicted molar refractivity (Wildman–Crippen MR) is 136 cm³/mol. The van der Waals surface area contributed by atoms with E-state index >= 15 is 0 Å². The lowest BCUT2D eigenvalue weighted by Gasteiger charge is -2.17. The van der Waals surface area contributed by atoms with Gasteiger partial charge in [-0.05, 0) is 43.2 Å². The van der Waals surface area contributed by atoms with E-state index < -0.39 is 0 Å². The second-order valence-corrected chi connectivity index (χ2v) is 8.77. The van der Waals surface area contributed by atoms with E-state index in [0.29, 0.717) is 0 Å². The van der Waals surface area contributed by atoms with Gasteiger partial charge in [-0.15, -0.1) is 0 Å². The molecule has 3 aromatic rings. The molecule has 4 heteroatoms. The fraction of sp³-hybridized carbons (Fsp3) is 0.414. The molecule has 0 aliphatic carbocycles. The highest BCUT2D eigenvalue weighted by atomic mass is 16.5. The summed E-state index contributed by atoms with van der Waals surface area (Å²) in [7, 11) is 0. The Kier molecular flexibility index (Phi) is 8.24. The molecule has 0 saturated carbocycles. The number of unbranched alkanes of at least 4 members (excludes halogenated alkanes) is 6. The van der Waals surface area contributed by atoms with Crippen LogP contribution >= 0.6 is 0 Å². The van der Waals surface area contributed by atoms with Crippen LogP contribution in [-0.4, -0.2) is 6.54 Å². The first-order valence-corrected chi connectivity index (χ1v) is 12.7. The zero-order valence-corrected chi connectivity index (χ0v) is 20.1. The smallest absolute Gasteiger partial charge is 0.374 e. The van der Waals surface area contributed by atoms with Crippen molar-refractivity contribution in [1.82, 2.24) is 0 Å². The van der Waals surface area contributed by atoms with Crippen LogP contribution in [0, 0.1) is 0 Å². The Morgan fingerprint density at radius 1 is 0.848 bits per heavy atom. The summed E-state index contributed by atoms with van der Waals surface area (Å²) in [6, 6.07) is 16.6. The van der Waals surface area contributed by atoms with Crippen LogP contribution in [0.4, 0.5) is 5.69 Å². The van der Waals surface area contributed by atoms with Gasteiger partial charge in [0.15, 0.2) is 12.3 Å². The van der Waals surface area contributed by atoms with Crippen LogP contribution in [0.5, 0.6) is 5.75 Å². The molecule has 4 rings (SSSR count). The maximum Gasteiger partial charge on any atom is 0.374 e. The maximum atomic E-state index is 6.19. The highest BCUT2D eigenvalue weighted by Crippen LogP contribution is 2.38. The van der Waals surface area contributed by atoms with Gasteiger partial charge in [0.1, 0.15) is 0 Å². The normalized spacial score (nSPS) is 14.5. The molecule has 33 heavy (non-hydrogen) atoms. The van der Waals surface area contributed by atoms with Gasteiger partial charge in [0.25, 0.3) is 5.52 Å². The van der Waals surface area contributed by atoms with E-state index in [1.54, 1.807) is 0 Å². The lowest BCUT2D eigenvalue weighted by atomic mass is 10.2. The van der Waals surface area contributed by atoms with Gasteiger partial charge in [0.05, 0.1) is 11.8 Å². The maximum absolute atomic E-state index is 6.19. The highest BCUT2D eigenvalue weighted by Gasteiger charge is 2.25. The van der Waals surface area contributed by atoms with Gasteiger partial charge in [0.2, 0.25) is 11.5 Å². The monoisotopic (exact) mass is 445 g/mol. The molecule has 174 valence electrons. The summed E-state index contributed by atoms with van der Waals surface area (Å²) in [5.74, 6) is 2.70. The summed E-state index contributed by atoms with van der Waals surface area (Å²) >= 11 is 0. The third-order valence-electron chi connectivity index (χ3n) is 6.22. The SMILES string of the molecule is CCCCCCN1C(=CC=Cc2oc3ccccc3[n+]2CCCCCC)Oc2ccccc21. The third kappa shape index (κ3) is 5.68. The largest absolute Gasteiger partial charge is 0.439 e. The molecular weight excluding hydrogens is 408 g/mol. The van der Waals surface area contributed by atoms with Crippen molar-refractivity contribution in [1.29, 1.82) is 0 Å². The standard InChI is InChI=1S/C29H37N2O2/c1-3-5-7-13-22-30-24-16-9-11-18-26(24)32-28(30)20-15-21-29-31(23-14-8-6-4-2)25-17-10-12-19-27(25)33-29/h9-12,15-21H,3-8,13-14,22-23H2,1-2H3/q+1. The molecular formula is C29H37N2O2+. The van der Waals surface area contributed by atoms with Crippen molar-refractivity contribution >= 4 is 22.9 Å². The Bertz CT molecular complexity index is 1100. The van der Waals surface area contributed by atoms with E-state index in [1.807, 2.05) is 24.3 Å². The van der Waals surface area contributed by atoms with E-state index in [1.165, 1.54) is 38.5 Å². The van der Waals surface area contributed by atoms with Crippen LogP contribution < -0.4 is 14.2 Å². The van der Waals surface area contributed by atoms with Crippen molar-refractivity contribution in [2.75, 3.05) is 11.4 Å². The summed E-state index contributed by atoms with van der Waals surface area (Å²) in [4.78, 5) is 2.30. The molecule has 0 amide bonds. The van der Waals surface area contributed by atoms with Crippen molar-refractivity contribution in [2.24, 2.45) is 0 Å². The predicted octanol–water partition coefficient (Wildman–Crippen LogP) is 7.63. The first kappa shape index (κ1) is 23.2. The molecule has 1 aliphatic heterocycles. The van der Waals surface area contributed by atoms with Gasteiger partial charge in [-0.2, -0.15) is 4.57 Å². The van der Waals surface area contributed by atoms with E-state index in [9.17, 15) is 0 Å². The molecule has 0 unspecified atom stereocenters. The highest BCUT2D eigenvalue weighted by molar-refractivity contribution is 5.70. The number of aromatic nitrogens is 1. The van der Waals surface area contributed by atoms with Crippen LogP contribution in [0.15, 0.2) is 71.0 Å². The molecule has 4 nitrogen and oxygen atoms in total. The quantitative estimate of drug-likeness (QED) is 0.212. The Morgan fingerprint density at radius 2 is 1.61 bits per heavy atom. The van der Waals surface area contributed by atoms with E-state index in [-0.39, 0.29) is 0 Å². The lowest BCUT2D eigenvalue weighted by Crippen LogP contribution is -2.35. The van der Waals surface area contributed by atoms with E-state index in [0.717, 1.165) is 60.2 Å². The number of fused-ring (bicyclic) bond motifs is 2. The minimum atomic E-state index is 0.884. The summed E-state index contributed by atoms with van der Waals surface area (Å²) in [6.45, 7) is 6.44. The average molecular weight is 446 g/mol. The Morgan fingerprint density at radius 3 is 2.45 bits per heavy atom. The number of oxazole rings is 1. The van der Waals surface area contributed by atoms with Crippen molar-refractivity contribution in [3.63, 3.8) is 0 Å². The Hall–Kier alpha value is -3.01. The molecule has 1 aliphatic rings. The number of anilines is 1. The van der Waals surface area contributed by atoms with Gasteiger partial charge in [-0.3, -0.25) is 0 Å². The van der Waals surface area contributed by atoms with Crippen molar-refractivity contribution in [2.45, 2.75) is 71.8 Å². The van der Waals surface area contributed by atoms with Crippen LogP contribution in [-0.2, 0) is 6.54 Å². The molecule has 1 aromatic heterocycles. The topological polar surface area (TPSA) is 29.5 Å². The number of hydrogen-bond donors (Lipinski definition) is 0. The summed E-state index contributed by atoms with van der Waals surface area (Å²) in [5.41, 5.74) is 3.24.